The Hall–Kier alpha value is -2.41. The molecule has 0 N–H and O–H groups in total. The van der Waals surface area contributed by atoms with Crippen molar-refractivity contribution in [2.75, 3.05) is 0 Å². The fraction of sp³-hybridized carbons (Fsp3) is 0.346. The number of hydrogen-bond acceptors (Lipinski definition) is 1. The van der Waals surface area contributed by atoms with E-state index in [-0.39, 0.29) is 10.8 Å². The van der Waals surface area contributed by atoms with Crippen LogP contribution in [-0.4, -0.2) is 4.98 Å². The van der Waals surface area contributed by atoms with Gasteiger partial charge in [0.25, 0.3) is 0 Å². The SMILES string of the molecule is CC1CC1(C)c1ccc(-c2ccccc2)cc1-c1cc(C(C)(C)C)ccn1. The molecule has 2 unspecified atom stereocenters. The molecule has 1 aromatic heterocycles. The van der Waals surface area contributed by atoms with Gasteiger partial charge in [0.1, 0.15) is 0 Å². The summed E-state index contributed by atoms with van der Waals surface area (Å²) in [5.74, 6) is 0.727. The van der Waals surface area contributed by atoms with Crippen molar-refractivity contribution in [1.29, 1.82) is 0 Å². The van der Waals surface area contributed by atoms with Gasteiger partial charge in [0.15, 0.2) is 0 Å². The summed E-state index contributed by atoms with van der Waals surface area (Å²) in [4.78, 5) is 4.78. The molecule has 1 saturated carbocycles. The van der Waals surface area contributed by atoms with Gasteiger partial charge in [-0.25, -0.2) is 0 Å². The molecular weight excluding hydrogens is 326 g/mol. The van der Waals surface area contributed by atoms with Gasteiger partial charge in [-0.15, -0.1) is 0 Å². The molecule has 4 rings (SSSR count). The Morgan fingerprint density at radius 2 is 1.63 bits per heavy atom. The van der Waals surface area contributed by atoms with Crippen molar-refractivity contribution in [2.24, 2.45) is 5.92 Å². The number of pyridine rings is 1. The van der Waals surface area contributed by atoms with E-state index < -0.39 is 0 Å². The minimum atomic E-state index is 0.117. The van der Waals surface area contributed by atoms with Crippen LogP contribution in [-0.2, 0) is 10.8 Å². The zero-order valence-electron chi connectivity index (χ0n) is 17.1. The molecule has 1 nitrogen and oxygen atoms in total. The highest BCUT2D eigenvalue weighted by molar-refractivity contribution is 5.75. The molecule has 0 saturated heterocycles. The maximum Gasteiger partial charge on any atom is 0.0708 e. The van der Waals surface area contributed by atoms with E-state index in [4.69, 9.17) is 4.98 Å². The largest absolute Gasteiger partial charge is 0.256 e. The van der Waals surface area contributed by atoms with E-state index in [0.29, 0.717) is 0 Å². The zero-order valence-corrected chi connectivity index (χ0v) is 17.1. The highest BCUT2D eigenvalue weighted by Gasteiger charge is 2.49. The van der Waals surface area contributed by atoms with Crippen LogP contribution in [0.4, 0.5) is 0 Å². The van der Waals surface area contributed by atoms with E-state index >= 15 is 0 Å². The lowest BCUT2D eigenvalue weighted by Gasteiger charge is -2.22. The van der Waals surface area contributed by atoms with Gasteiger partial charge in [-0.3, -0.25) is 4.98 Å². The molecule has 138 valence electrons. The monoisotopic (exact) mass is 355 g/mol. The first-order valence-electron chi connectivity index (χ1n) is 9.96. The lowest BCUT2D eigenvalue weighted by molar-refractivity contribution is 0.589. The molecule has 1 aliphatic rings. The highest BCUT2D eigenvalue weighted by Crippen LogP contribution is 2.56. The standard InChI is InChI=1S/C26H29N/c1-18-17-26(18,5)23-12-11-20(19-9-7-6-8-10-19)15-22(23)24-16-21(13-14-27-24)25(2,3)4/h6-16,18H,17H2,1-5H3. The summed E-state index contributed by atoms with van der Waals surface area (Å²) in [6.07, 6.45) is 3.22. The van der Waals surface area contributed by atoms with Crippen molar-refractivity contribution < 1.29 is 0 Å². The van der Waals surface area contributed by atoms with Gasteiger partial charge < -0.3 is 0 Å². The summed E-state index contributed by atoms with van der Waals surface area (Å²) >= 11 is 0. The summed E-state index contributed by atoms with van der Waals surface area (Å²) < 4.78 is 0. The van der Waals surface area contributed by atoms with Gasteiger partial charge in [-0.1, -0.05) is 77.1 Å². The van der Waals surface area contributed by atoms with Crippen LogP contribution >= 0.6 is 0 Å². The molecule has 1 heterocycles. The minimum Gasteiger partial charge on any atom is -0.256 e. The Kier molecular flexibility index (Phi) is 4.22. The van der Waals surface area contributed by atoms with Crippen molar-refractivity contribution in [3.8, 4) is 22.4 Å². The predicted molar refractivity (Wildman–Crippen MR) is 115 cm³/mol. The molecule has 0 amide bonds. The van der Waals surface area contributed by atoms with E-state index in [2.05, 4.69) is 95.3 Å². The van der Waals surface area contributed by atoms with Crippen molar-refractivity contribution in [3.63, 3.8) is 0 Å². The predicted octanol–water partition coefficient (Wildman–Crippen LogP) is 7.01. The molecular formula is C26H29N. The first-order chi connectivity index (χ1) is 12.8. The summed E-state index contributed by atoms with van der Waals surface area (Å²) in [6, 6.07) is 22.0. The van der Waals surface area contributed by atoms with Crippen LogP contribution in [0.2, 0.25) is 0 Å². The Morgan fingerprint density at radius 1 is 0.926 bits per heavy atom. The Morgan fingerprint density at radius 3 is 2.26 bits per heavy atom. The Labute approximate surface area is 163 Å². The van der Waals surface area contributed by atoms with Crippen molar-refractivity contribution in [3.05, 3.63) is 78.0 Å². The fourth-order valence-corrected chi connectivity index (χ4v) is 4.06. The summed E-state index contributed by atoms with van der Waals surface area (Å²) in [5, 5.41) is 0. The average molecular weight is 356 g/mol. The van der Waals surface area contributed by atoms with Crippen LogP contribution in [0.15, 0.2) is 66.9 Å². The van der Waals surface area contributed by atoms with Gasteiger partial charge in [0, 0.05) is 11.8 Å². The van der Waals surface area contributed by atoms with E-state index in [1.165, 1.54) is 34.2 Å². The van der Waals surface area contributed by atoms with Crippen LogP contribution in [0.1, 0.15) is 52.2 Å². The van der Waals surface area contributed by atoms with Crippen LogP contribution < -0.4 is 0 Å². The molecule has 3 aromatic rings. The summed E-state index contributed by atoms with van der Waals surface area (Å²) in [5.41, 5.74) is 8.05. The molecule has 2 aromatic carbocycles. The van der Waals surface area contributed by atoms with Gasteiger partial charge in [-0.2, -0.15) is 0 Å². The van der Waals surface area contributed by atoms with E-state index in [0.717, 1.165) is 11.6 Å². The summed E-state index contributed by atoms with van der Waals surface area (Å²) in [6.45, 7) is 11.5. The van der Waals surface area contributed by atoms with Gasteiger partial charge in [0.2, 0.25) is 0 Å². The maximum atomic E-state index is 4.78. The van der Waals surface area contributed by atoms with E-state index in [1.807, 2.05) is 6.20 Å². The van der Waals surface area contributed by atoms with Crippen molar-refractivity contribution >= 4 is 0 Å². The normalized spacial score (nSPS) is 21.9. The van der Waals surface area contributed by atoms with Crippen LogP contribution in [0.3, 0.4) is 0 Å². The highest BCUT2D eigenvalue weighted by atomic mass is 14.7. The Balaban J connectivity index is 1.89. The molecule has 2 atom stereocenters. The van der Waals surface area contributed by atoms with E-state index in [9.17, 15) is 0 Å². The number of aromatic nitrogens is 1. The minimum absolute atomic E-state index is 0.117. The second kappa shape index (κ2) is 6.34. The second-order valence-corrected chi connectivity index (χ2v) is 9.33. The van der Waals surface area contributed by atoms with Gasteiger partial charge in [0.05, 0.1) is 5.69 Å². The third kappa shape index (κ3) is 3.32. The first-order valence-corrected chi connectivity index (χ1v) is 9.96. The molecule has 1 fully saturated rings. The van der Waals surface area contributed by atoms with Crippen LogP contribution in [0.25, 0.3) is 22.4 Å². The number of nitrogens with zero attached hydrogens (tertiary/aromatic N) is 1. The van der Waals surface area contributed by atoms with Gasteiger partial charge in [-0.05, 0) is 63.6 Å². The third-order valence-electron chi connectivity index (χ3n) is 6.30. The summed E-state index contributed by atoms with van der Waals surface area (Å²) in [7, 11) is 0. The molecule has 0 aliphatic heterocycles. The quantitative estimate of drug-likeness (QED) is 0.492. The van der Waals surface area contributed by atoms with Crippen molar-refractivity contribution in [1.82, 2.24) is 4.98 Å². The van der Waals surface area contributed by atoms with Gasteiger partial charge >= 0.3 is 0 Å². The van der Waals surface area contributed by atoms with Crippen molar-refractivity contribution in [2.45, 2.75) is 51.9 Å². The molecule has 0 spiro atoms. The Bertz CT molecular complexity index is 965. The zero-order chi connectivity index (χ0) is 19.2. The van der Waals surface area contributed by atoms with Crippen LogP contribution in [0, 0.1) is 5.92 Å². The third-order valence-corrected chi connectivity index (χ3v) is 6.30. The molecule has 1 heteroatoms. The topological polar surface area (TPSA) is 12.9 Å². The molecule has 27 heavy (non-hydrogen) atoms. The van der Waals surface area contributed by atoms with Crippen LogP contribution in [0.5, 0.6) is 0 Å². The average Bonchev–Trinajstić information content (AvgIpc) is 3.29. The lowest BCUT2D eigenvalue weighted by Crippen LogP contribution is -2.12. The van der Waals surface area contributed by atoms with E-state index in [1.54, 1.807) is 0 Å². The number of rotatable bonds is 3. The number of benzene rings is 2. The smallest absolute Gasteiger partial charge is 0.0708 e. The fourth-order valence-electron chi connectivity index (χ4n) is 4.06. The molecule has 0 radical (unpaired) electrons. The second-order valence-electron chi connectivity index (χ2n) is 9.33. The maximum absolute atomic E-state index is 4.78. The molecule has 1 aliphatic carbocycles. The first kappa shape index (κ1) is 18.0. The lowest BCUT2D eigenvalue weighted by atomic mass is 9.84. The number of hydrogen-bond donors (Lipinski definition) is 0. The molecule has 0 bridgehead atoms.